The minimum Gasteiger partial charge on any atom is -0.872 e. The third kappa shape index (κ3) is 3.20. The van der Waals surface area contributed by atoms with Crippen LogP contribution in [-0.4, -0.2) is 32.1 Å². The fourth-order valence-corrected chi connectivity index (χ4v) is 4.02. The Labute approximate surface area is 167 Å². The number of fused-ring (bicyclic) bond motifs is 2. The molecule has 1 saturated heterocycles. The van der Waals surface area contributed by atoms with Crippen LogP contribution in [0.25, 0.3) is 17.0 Å². The molecule has 0 unspecified atom stereocenters. The predicted octanol–water partition coefficient (Wildman–Crippen LogP) is 1.85. The van der Waals surface area contributed by atoms with Gasteiger partial charge in [-0.1, -0.05) is 30.0 Å². The molecule has 0 atom stereocenters. The normalized spacial score (nSPS) is 18.4. The first kappa shape index (κ1) is 18.0. The standard InChI is InChI=1S/C23H21NO5/c1-14-10-18(25)17(13-24-6-8-27-9-7-24)23-21(14)22(26)20(29-23)12-16-11-15-4-2-3-5-19(15)28-16/h2-5,10-12,25H,6-9,13H2,1H3. The topological polar surface area (TPSA) is 76.2 Å². The van der Waals surface area contributed by atoms with Gasteiger partial charge in [-0.05, 0) is 24.6 Å². The number of carbonyl (C=O) groups is 1. The van der Waals surface area contributed by atoms with Crippen molar-refractivity contribution >= 4 is 22.8 Å². The number of nitrogens with one attached hydrogen (secondary N) is 1. The quantitative estimate of drug-likeness (QED) is 0.690. The van der Waals surface area contributed by atoms with E-state index in [1.54, 1.807) is 19.1 Å². The van der Waals surface area contributed by atoms with Gasteiger partial charge in [-0.2, -0.15) is 0 Å². The minimum absolute atomic E-state index is 0.0852. The highest BCUT2D eigenvalue weighted by atomic mass is 16.5. The monoisotopic (exact) mass is 391 g/mol. The molecule has 2 aliphatic rings. The molecule has 0 aliphatic carbocycles. The molecule has 1 aromatic heterocycles. The molecule has 2 aromatic carbocycles. The van der Waals surface area contributed by atoms with Gasteiger partial charge in [0.15, 0.2) is 5.76 Å². The Morgan fingerprint density at radius 2 is 1.97 bits per heavy atom. The average molecular weight is 391 g/mol. The van der Waals surface area contributed by atoms with Crippen molar-refractivity contribution in [3.8, 4) is 11.5 Å². The Bertz CT molecular complexity index is 1100. The van der Waals surface area contributed by atoms with Gasteiger partial charge in [0.05, 0.1) is 18.8 Å². The van der Waals surface area contributed by atoms with E-state index in [9.17, 15) is 9.90 Å². The maximum Gasteiger partial charge on any atom is 0.232 e. The number of carbonyl (C=O) groups excluding carboxylic acids is 1. The van der Waals surface area contributed by atoms with E-state index in [1.807, 2.05) is 30.3 Å². The maximum atomic E-state index is 13.0. The molecule has 0 bridgehead atoms. The van der Waals surface area contributed by atoms with Crippen molar-refractivity contribution in [3.05, 3.63) is 64.6 Å². The second-order valence-corrected chi connectivity index (χ2v) is 7.54. The number of ether oxygens (including phenoxy) is 2. The van der Waals surface area contributed by atoms with Crippen LogP contribution >= 0.6 is 0 Å². The maximum absolute atomic E-state index is 13.0. The number of Topliss-reactive ketones (excluding diaryl/α,β-unsaturated/α-hetero) is 1. The number of allylic oxidation sites excluding steroid dienone is 1. The van der Waals surface area contributed by atoms with Crippen molar-refractivity contribution < 1.29 is 28.7 Å². The fraction of sp³-hybridized carbons (Fsp3) is 0.261. The van der Waals surface area contributed by atoms with Gasteiger partial charge in [0.2, 0.25) is 5.78 Å². The Hall–Kier alpha value is -3.09. The van der Waals surface area contributed by atoms with Crippen molar-refractivity contribution in [2.24, 2.45) is 0 Å². The predicted molar refractivity (Wildman–Crippen MR) is 105 cm³/mol. The molecule has 3 heterocycles. The molecule has 148 valence electrons. The zero-order valence-corrected chi connectivity index (χ0v) is 16.1. The number of furan rings is 1. The van der Waals surface area contributed by atoms with Crippen LogP contribution in [0.1, 0.15) is 27.2 Å². The second-order valence-electron chi connectivity index (χ2n) is 7.54. The summed E-state index contributed by atoms with van der Waals surface area (Å²) in [6.07, 6.45) is 1.61. The Kier molecular flexibility index (Phi) is 4.38. The second kappa shape index (κ2) is 7.06. The van der Waals surface area contributed by atoms with E-state index in [1.165, 1.54) is 4.90 Å². The number of ketones is 1. The Morgan fingerprint density at radius 1 is 1.17 bits per heavy atom. The van der Waals surface area contributed by atoms with Gasteiger partial charge < -0.3 is 23.9 Å². The van der Waals surface area contributed by atoms with E-state index in [0.717, 1.165) is 24.1 Å². The highest BCUT2D eigenvalue weighted by molar-refractivity contribution is 6.15. The van der Waals surface area contributed by atoms with Crippen molar-refractivity contribution in [2.75, 3.05) is 26.3 Å². The molecule has 5 rings (SSSR count). The van der Waals surface area contributed by atoms with Crippen LogP contribution in [0.3, 0.4) is 0 Å². The molecule has 0 saturated carbocycles. The van der Waals surface area contributed by atoms with Gasteiger partial charge in [0, 0.05) is 17.0 Å². The number of para-hydroxylation sites is 1. The van der Waals surface area contributed by atoms with Gasteiger partial charge in [-0.3, -0.25) is 4.79 Å². The third-order valence-electron chi connectivity index (χ3n) is 5.55. The molecule has 3 aromatic rings. The number of aryl methyl sites for hydroxylation is 1. The molecule has 29 heavy (non-hydrogen) atoms. The van der Waals surface area contributed by atoms with E-state index >= 15 is 0 Å². The van der Waals surface area contributed by atoms with Crippen molar-refractivity contribution in [1.82, 2.24) is 0 Å². The van der Waals surface area contributed by atoms with Crippen LogP contribution < -0.4 is 14.7 Å². The highest BCUT2D eigenvalue weighted by Crippen LogP contribution is 2.40. The van der Waals surface area contributed by atoms with Crippen LogP contribution in [0.2, 0.25) is 0 Å². The summed E-state index contributed by atoms with van der Waals surface area (Å²) in [5.74, 6) is 0.837. The number of hydrogen-bond donors (Lipinski definition) is 1. The van der Waals surface area contributed by atoms with Crippen molar-refractivity contribution in [2.45, 2.75) is 13.5 Å². The summed E-state index contributed by atoms with van der Waals surface area (Å²) < 4.78 is 17.2. The molecule has 0 amide bonds. The lowest BCUT2D eigenvalue weighted by Gasteiger charge is -2.26. The first-order valence-electron chi connectivity index (χ1n) is 9.78. The number of morpholine rings is 1. The third-order valence-corrected chi connectivity index (χ3v) is 5.55. The first-order valence-corrected chi connectivity index (χ1v) is 9.78. The van der Waals surface area contributed by atoms with Gasteiger partial charge >= 0.3 is 0 Å². The molecule has 2 aliphatic heterocycles. The molecule has 1 fully saturated rings. The average Bonchev–Trinajstić information content (AvgIpc) is 3.27. The zero-order valence-electron chi connectivity index (χ0n) is 16.1. The van der Waals surface area contributed by atoms with Crippen LogP contribution in [0.5, 0.6) is 11.5 Å². The fourth-order valence-electron chi connectivity index (χ4n) is 4.02. The van der Waals surface area contributed by atoms with Crippen LogP contribution in [0.4, 0.5) is 0 Å². The van der Waals surface area contributed by atoms with Gasteiger partial charge in [0.25, 0.3) is 0 Å². The molecule has 0 spiro atoms. The summed E-state index contributed by atoms with van der Waals surface area (Å²) in [6.45, 7) is 5.31. The Balaban J connectivity index is 1.52. The van der Waals surface area contributed by atoms with E-state index < -0.39 is 0 Å². The highest BCUT2D eigenvalue weighted by Gasteiger charge is 2.33. The zero-order chi connectivity index (χ0) is 20.0. The summed E-state index contributed by atoms with van der Waals surface area (Å²) in [4.78, 5) is 14.3. The van der Waals surface area contributed by atoms with Gasteiger partial charge in [0.1, 0.15) is 36.7 Å². The minimum atomic E-state index is -0.212. The number of rotatable bonds is 3. The molecular weight excluding hydrogens is 370 g/mol. The number of quaternary nitrogens is 1. The number of benzene rings is 2. The van der Waals surface area contributed by atoms with Crippen LogP contribution in [0.15, 0.2) is 46.6 Å². The Morgan fingerprint density at radius 3 is 2.76 bits per heavy atom. The summed E-state index contributed by atoms with van der Waals surface area (Å²) >= 11 is 0. The van der Waals surface area contributed by atoms with Gasteiger partial charge in [-0.25, -0.2) is 0 Å². The summed E-state index contributed by atoms with van der Waals surface area (Å²) in [7, 11) is 0. The van der Waals surface area contributed by atoms with Crippen LogP contribution in [0, 0.1) is 6.92 Å². The summed E-state index contributed by atoms with van der Waals surface area (Å²) in [5.41, 5.74) is 2.43. The van der Waals surface area contributed by atoms with Crippen molar-refractivity contribution in [1.29, 1.82) is 0 Å². The van der Waals surface area contributed by atoms with Gasteiger partial charge in [-0.15, -0.1) is 0 Å². The molecule has 0 radical (unpaired) electrons. The number of hydrogen-bond acceptors (Lipinski definition) is 5. The van der Waals surface area contributed by atoms with E-state index in [0.29, 0.717) is 48.0 Å². The molecule has 6 heteroatoms. The SMILES string of the molecule is Cc1cc([O-])c(C[NH+]2CCOCC2)c2c1C(=O)C(=Cc1cc3ccccc3o1)O2. The van der Waals surface area contributed by atoms with E-state index in [2.05, 4.69) is 0 Å². The first-order chi connectivity index (χ1) is 14.1. The lowest BCUT2D eigenvalue weighted by Crippen LogP contribution is -3.12. The van der Waals surface area contributed by atoms with Crippen LogP contribution in [-0.2, 0) is 11.3 Å². The van der Waals surface area contributed by atoms with E-state index in [4.69, 9.17) is 13.9 Å². The van der Waals surface area contributed by atoms with Crippen molar-refractivity contribution in [3.63, 3.8) is 0 Å². The molecule has 6 nitrogen and oxygen atoms in total. The lowest BCUT2D eigenvalue weighted by atomic mass is 9.99. The summed E-state index contributed by atoms with van der Waals surface area (Å²) in [6, 6.07) is 11.1. The molecule has 1 N–H and O–H groups in total. The molecular formula is C23H21NO5. The smallest absolute Gasteiger partial charge is 0.232 e. The van der Waals surface area contributed by atoms with E-state index in [-0.39, 0.29) is 17.3 Å². The summed E-state index contributed by atoms with van der Waals surface area (Å²) in [5, 5.41) is 13.6. The largest absolute Gasteiger partial charge is 0.872 e. The lowest BCUT2D eigenvalue weighted by molar-refractivity contribution is -0.921.